The van der Waals surface area contributed by atoms with Gasteiger partial charge in [0.15, 0.2) is 0 Å². The van der Waals surface area contributed by atoms with Gasteiger partial charge in [-0.3, -0.25) is 0 Å². The van der Waals surface area contributed by atoms with Crippen molar-refractivity contribution >= 4 is 27.8 Å². The topological polar surface area (TPSA) is 3.24 Å². The summed E-state index contributed by atoms with van der Waals surface area (Å²) in [6.45, 7) is 4.78. The molecule has 0 atom stereocenters. The minimum absolute atomic E-state index is 0.149. The number of benzene rings is 9. The molecule has 0 aliphatic heterocycles. The Morgan fingerprint density at radius 1 is 0.304 bits per heavy atom. The highest BCUT2D eigenvalue weighted by Gasteiger charge is 2.39. The highest BCUT2D eigenvalue weighted by molar-refractivity contribution is 6.14. The third kappa shape index (κ3) is 5.63. The first-order valence-electron chi connectivity index (χ1n) is 19.5. The van der Waals surface area contributed by atoms with E-state index in [1.807, 2.05) is 0 Å². The summed E-state index contributed by atoms with van der Waals surface area (Å²) in [7, 11) is 0. The molecule has 1 aliphatic carbocycles. The molecule has 56 heavy (non-hydrogen) atoms. The summed E-state index contributed by atoms with van der Waals surface area (Å²) in [5, 5.41) is 2.61. The average Bonchev–Trinajstić information content (AvgIpc) is 3.51. The molecule has 0 spiro atoms. The molecule has 9 aromatic rings. The zero-order valence-corrected chi connectivity index (χ0v) is 31.7. The predicted octanol–water partition coefficient (Wildman–Crippen LogP) is 15.3. The van der Waals surface area contributed by atoms with Gasteiger partial charge in [0.25, 0.3) is 0 Å². The van der Waals surface area contributed by atoms with Gasteiger partial charge in [0, 0.05) is 22.5 Å². The van der Waals surface area contributed by atoms with Crippen LogP contribution < -0.4 is 4.90 Å². The molecule has 0 fully saturated rings. The average molecular weight is 716 g/mol. The molecule has 10 rings (SSSR count). The zero-order valence-electron chi connectivity index (χ0n) is 31.7. The number of fused-ring (bicyclic) bond motifs is 5. The minimum atomic E-state index is -0.149. The summed E-state index contributed by atoms with van der Waals surface area (Å²) in [5.74, 6) is 0. The monoisotopic (exact) mass is 715 g/mol. The Labute approximate surface area is 329 Å². The van der Waals surface area contributed by atoms with E-state index < -0.39 is 0 Å². The second-order valence-corrected chi connectivity index (χ2v) is 15.3. The molecule has 9 aromatic carbocycles. The van der Waals surface area contributed by atoms with Gasteiger partial charge in [0.1, 0.15) is 0 Å². The maximum absolute atomic E-state index is 2.39. The van der Waals surface area contributed by atoms with Crippen LogP contribution in [0.5, 0.6) is 0 Å². The van der Waals surface area contributed by atoms with Gasteiger partial charge in [0.05, 0.1) is 0 Å². The van der Waals surface area contributed by atoms with Crippen LogP contribution in [0.4, 0.5) is 17.1 Å². The number of hydrogen-bond acceptors (Lipinski definition) is 1. The quantitative estimate of drug-likeness (QED) is 0.159. The molecule has 1 nitrogen and oxygen atoms in total. The van der Waals surface area contributed by atoms with Crippen LogP contribution in [0.3, 0.4) is 0 Å². The summed E-state index contributed by atoms with van der Waals surface area (Å²) in [6.07, 6.45) is 0. The molecule has 0 heterocycles. The second kappa shape index (κ2) is 13.7. The van der Waals surface area contributed by atoms with E-state index in [4.69, 9.17) is 0 Å². The molecule has 0 N–H and O–H groups in total. The fourth-order valence-electron chi connectivity index (χ4n) is 9.02. The van der Waals surface area contributed by atoms with E-state index in [0.29, 0.717) is 0 Å². The third-order valence-corrected chi connectivity index (χ3v) is 11.7. The van der Waals surface area contributed by atoms with E-state index in [9.17, 15) is 0 Å². The Morgan fingerprint density at radius 2 is 0.679 bits per heavy atom. The molecule has 266 valence electrons. The lowest BCUT2D eigenvalue weighted by atomic mass is 9.77. The van der Waals surface area contributed by atoms with Crippen LogP contribution in [0.1, 0.15) is 25.0 Å². The van der Waals surface area contributed by atoms with Gasteiger partial charge >= 0.3 is 0 Å². The van der Waals surface area contributed by atoms with E-state index in [0.717, 1.165) is 17.1 Å². The van der Waals surface area contributed by atoms with E-state index in [1.54, 1.807) is 0 Å². The number of anilines is 3. The van der Waals surface area contributed by atoms with Crippen LogP contribution in [0.25, 0.3) is 66.4 Å². The van der Waals surface area contributed by atoms with Crippen molar-refractivity contribution in [2.75, 3.05) is 4.90 Å². The zero-order chi connectivity index (χ0) is 37.6. The SMILES string of the molecule is CC1(C)c2ccccc2-c2c(-c3ccc(N(c4ccc(-c5ccccc5)cc4)c4ccc(-c5ccccc5)cc4)cc3)c(-c3ccccc3)c3ccccc3c21. The standard InChI is InChI=1S/C55H41N/c1-55(2)50-25-15-14-24-49(50)53-52(51(42-20-10-5-11-21-42)47-22-12-13-23-48(47)54(53)55)43-30-36-46(37-31-43)56(44-32-26-40(27-33-44)38-16-6-3-7-17-38)45-34-28-41(29-35-45)39-18-8-4-9-19-39/h3-37H,1-2H3. The normalized spacial score (nSPS) is 12.6. The Morgan fingerprint density at radius 3 is 1.20 bits per heavy atom. The molecule has 1 aliphatic rings. The van der Waals surface area contributed by atoms with Crippen molar-refractivity contribution in [2.45, 2.75) is 19.3 Å². The lowest BCUT2D eigenvalue weighted by molar-refractivity contribution is 0.666. The Hall–Kier alpha value is -6.96. The van der Waals surface area contributed by atoms with Crippen molar-refractivity contribution in [3.63, 3.8) is 0 Å². The van der Waals surface area contributed by atoms with Crippen molar-refractivity contribution in [1.82, 2.24) is 0 Å². The molecular weight excluding hydrogens is 675 g/mol. The fraction of sp³-hybridized carbons (Fsp3) is 0.0545. The van der Waals surface area contributed by atoms with E-state index in [2.05, 4.69) is 231 Å². The smallest absolute Gasteiger partial charge is 0.0462 e. The number of rotatable bonds is 7. The van der Waals surface area contributed by atoms with Gasteiger partial charge in [-0.2, -0.15) is 0 Å². The molecule has 0 radical (unpaired) electrons. The van der Waals surface area contributed by atoms with Gasteiger partial charge < -0.3 is 4.90 Å². The first kappa shape index (κ1) is 33.6. The number of hydrogen-bond donors (Lipinski definition) is 0. The van der Waals surface area contributed by atoms with E-state index >= 15 is 0 Å². The van der Waals surface area contributed by atoms with Crippen LogP contribution in [0, 0.1) is 0 Å². The van der Waals surface area contributed by atoms with Crippen molar-refractivity contribution < 1.29 is 0 Å². The molecule has 0 aromatic heterocycles. The van der Waals surface area contributed by atoms with Crippen molar-refractivity contribution in [1.29, 1.82) is 0 Å². The van der Waals surface area contributed by atoms with Crippen molar-refractivity contribution in [2.24, 2.45) is 0 Å². The van der Waals surface area contributed by atoms with E-state index in [-0.39, 0.29) is 5.41 Å². The van der Waals surface area contributed by atoms with Crippen LogP contribution in [0.15, 0.2) is 212 Å². The van der Waals surface area contributed by atoms with Gasteiger partial charge in [-0.15, -0.1) is 0 Å². The Bertz CT molecular complexity index is 2740. The van der Waals surface area contributed by atoms with Crippen molar-refractivity contribution in [3.8, 4) is 55.6 Å². The molecule has 0 unspecified atom stereocenters. The van der Waals surface area contributed by atoms with Gasteiger partial charge in [-0.1, -0.05) is 190 Å². The summed E-state index contributed by atoms with van der Waals surface area (Å²) in [5.41, 5.74) is 18.5. The van der Waals surface area contributed by atoms with Crippen LogP contribution in [0.2, 0.25) is 0 Å². The maximum Gasteiger partial charge on any atom is 0.0462 e. The highest BCUT2D eigenvalue weighted by atomic mass is 15.1. The molecule has 0 bridgehead atoms. The van der Waals surface area contributed by atoms with Crippen LogP contribution in [-0.2, 0) is 5.41 Å². The predicted molar refractivity (Wildman–Crippen MR) is 238 cm³/mol. The largest absolute Gasteiger partial charge is 0.311 e. The fourth-order valence-corrected chi connectivity index (χ4v) is 9.02. The Balaban J connectivity index is 1.16. The molecule has 0 saturated carbocycles. The van der Waals surface area contributed by atoms with Crippen LogP contribution in [-0.4, -0.2) is 0 Å². The van der Waals surface area contributed by atoms with Crippen molar-refractivity contribution in [3.05, 3.63) is 223 Å². The summed E-state index contributed by atoms with van der Waals surface area (Å²) in [4.78, 5) is 2.37. The first-order chi connectivity index (χ1) is 27.6. The molecule has 1 heteroatoms. The summed E-state index contributed by atoms with van der Waals surface area (Å²) >= 11 is 0. The highest BCUT2D eigenvalue weighted by Crippen LogP contribution is 2.58. The molecular formula is C55H41N. The summed E-state index contributed by atoms with van der Waals surface area (Å²) in [6, 6.07) is 77.3. The first-order valence-corrected chi connectivity index (χ1v) is 19.5. The van der Waals surface area contributed by atoms with Crippen LogP contribution >= 0.6 is 0 Å². The van der Waals surface area contributed by atoms with Gasteiger partial charge in [-0.05, 0) is 114 Å². The minimum Gasteiger partial charge on any atom is -0.311 e. The summed E-state index contributed by atoms with van der Waals surface area (Å²) < 4.78 is 0. The Kier molecular flexibility index (Phi) is 8.23. The maximum atomic E-state index is 2.39. The van der Waals surface area contributed by atoms with E-state index in [1.165, 1.54) is 77.5 Å². The lowest BCUT2D eigenvalue weighted by Crippen LogP contribution is -2.15. The molecule has 0 saturated heterocycles. The van der Waals surface area contributed by atoms with Gasteiger partial charge in [0.2, 0.25) is 0 Å². The van der Waals surface area contributed by atoms with Gasteiger partial charge in [-0.25, -0.2) is 0 Å². The lowest BCUT2D eigenvalue weighted by Gasteiger charge is -2.27. The second-order valence-electron chi connectivity index (χ2n) is 15.3. The molecule has 0 amide bonds. The number of nitrogens with zero attached hydrogens (tertiary/aromatic N) is 1. The third-order valence-electron chi connectivity index (χ3n) is 11.7.